The molecule has 13 heteroatoms. The maximum atomic E-state index is 14.3. The van der Waals surface area contributed by atoms with Crippen molar-refractivity contribution in [2.45, 2.75) is 12.8 Å². The number of alkyl halides is 2. The predicted octanol–water partition coefficient (Wildman–Crippen LogP) is 5.82. The third kappa shape index (κ3) is 4.81. The molecule has 0 saturated carbocycles. The standard InChI is InChI=1S/C28H19F3N6O3S/c1-40-23-12-33-21(26(30)31)8-16(23)15-9-25(37-6-2-3-18(29)22(37)13-38)34-11-17(15)27(39)36-28-35-20-7-14-4-5-32-19(14)10-24(20)41-28/h2-3,6-12,26,32H,4-5H2,1H3,(H,35,36,39). The smallest absolute Gasteiger partial charge is 0.280 e. The quantitative estimate of drug-likeness (QED) is 0.277. The number of allylic oxidation sites excluding steroid dienone is 3. The lowest BCUT2D eigenvalue weighted by Gasteiger charge is -2.22. The van der Waals surface area contributed by atoms with Gasteiger partial charge < -0.3 is 10.1 Å². The Morgan fingerprint density at radius 1 is 1.20 bits per heavy atom. The Hall–Kier alpha value is -5.00. The summed E-state index contributed by atoms with van der Waals surface area (Å²) in [4.78, 5) is 38.8. The molecule has 41 heavy (non-hydrogen) atoms. The van der Waals surface area contributed by atoms with E-state index in [2.05, 4.69) is 25.6 Å². The normalized spacial score (nSPS) is 14.1. The van der Waals surface area contributed by atoms with Crippen LogP contribution in [-0.4, -0.2) is 40.5 Å². The molecule has 206 valence electrons. The van der Waals surface area contributed by atoms with Crippen LogP contribution in [0.1, 0.15) is 28.0 Å². The molecule has 4 aromatic rings. The molecule has 0 saturated heterocycles. The van der Waals surface area contributed by atoms with Gasteiger partial charge in [-0.15, -0.1) is 0 Å². The fourth-order valence-corrected chi connectivity index (χ4v) is 5.52. The topological polar surface area (TPSA) is 109 Å². The lowest BCUT2D eigenvalue weighted by Crippen LogP contribution is -2.21. The number of nitrogens with zero attached hydrogens (tertiary/aromatic N) is 4. The van der Waals surface area contributed by atoms with E-state index in [9.17, 15) is 22.8 Å². The van der Waals surface area contributed by atoms with Crippen LogP contribution in [0.3, 0.4) is 0 Å². The van der Waals surface area contributed by atoms with Crippen LogP contribution in [0.25, 0.3) is 21.3 Å². The maximum Gasteiger partial charge on any atom is 0.280 e. The van der Waals surface area contributed by atoms with E-state index in [0.717, 1.165) is 57.7 Å². The van der Waals surface area contributed by atoms with E-state index in [1.165, 1.54) is 43.0 Å². The molecule has 5 heterocycles. The van der Waals surface area contributed by atoms with Crippen LogP contribution in [0.2, 0.25) is 0 Å². The molecule has 0 spiro atoms. The molecule has 3 aromatic heterocycles. The molecule has 0 atom stereocenters. The second-order valence-electron chi connectivity index (χ2n) is 9.00. The first kappa shape index (κ1) is 26.2. The highest BCUT2D eigenvalue weighted by Gasteiger charge is 2.25. The van der Waals surface area contributed by atoms with Crippen molar-refractivity contribution in [2.75, 3.05) is 29.2 Å². The molecule has 9 nitrogen and oxygen atoms in total. The van der Waals surface area contributed by atoms with Crippen molar-refractivity contribution in [3.8, 4) is 16.9 Å². The number of halogens is 3. The number of methoxy groups -OCH3 is 1. The first-order valence-corrected chi connectivity index (χ1v) is 13.1. The third-order valence-corrected chi connectivity index (χ3v) is 7.52. The molecule has 0 radical (unpaired) electrons. The Bertz CT molecular complexity index is 1790. The first-order valence-electron chi connectivity index (χ1n) is 12.3. The van der Waals surface area contributed by atoms with E-state index in [4.69, 9.17) is 4.74 Å². The van der Waals surface area contributed by atoms with Gasteiger partial charge in [0.05, 0.1) is 29.1 Å². The average molecular weight is 577 g/mol. The molecule has 1 amide bonds. The zero-order valence-electron chi connectivity index (χ0n) is 21.2. The maximum absolute atomic E-state index is 14.3. The van der Waals surface area contributed by atoms with E-state index < -0.39 is 29.6 Å². The molecule has 6 rings (SSSR count). The molecule has 0 unspecified atom stereocenters. The molecule has 2 aliphatic heterocycles. The number of amides is 1. The minimum atomic E-state index is -2.90. The van der Waals surface area contributed by atoms with E-state index in [1.54, 1.807) is 5.94 Å². The molecular formula is C28H19F3N6O3S. The largest absolute Gasteiger partial charge is 0.494 e. The summed E-state index contributed by atoms with van der Waals surface area (Å²) in [5.41, 5.74) is 2.17. The van der Waals surface area contributed by atoms with Crippen molar-refractivity contribution in [3.63, 3.8) is 0 Å². The minimum absolute atomic E-state index is 0.00415. The summed E-state index contributed by atoms with van der Waals surface area (Å²) in [6.07, 6.45) is 4.15. The number of ether oxygens (including phenoxy) is 1. The first-order chi connectivity index (χ1) is 19.9. The lowest BCUT2D eigenvalue weighted by atomic mass is 9.99. The summed E-state index contributed by atoms with van der Waals surface area (Å²) >= 11 is 1.28. The summed E-state index contributed by atoms with van der Waals surface area (Å²) in [7, 11) is 1.33. The zero-order valence-corrected chi connectivity index (χ0v) is 22.1. The van der Waals surface area contributed by atoms with Crippen molar-refractivity contribution in [1.29, 1.82) is 0 Å². The van der Waals surface area contributed by atoms with E-state index >= 15 is 0 Å². The van der Waals surface area contributed by atoms with Crippen LogP contribution in [-0.2, 0) is 11.2 Å². The SMILES string of the molecule is COc1cnc(C(F)F)cc1-c1cc(N2C=CC=C(F)C2=C=O)ncc1C(=O)Nc1nc2cc3c(cc2s1)NCC3. The third-order valence-electron chi connectivity index (χ3n) is 6.59. The fraction of sp³-hybridized carbons (Fsp3) is 0.143. The summed E-state index contributed by atoms with van der Waals surface area (Å²) in [6.45, 7) is 0.855. The number of hydrogen-bond acceptors (Lipinski definition) is 9. The highest BCUT2D eigenvalue weighted by Crippen LogP contribution is 2.38. The molecule has 2 N–H and O–H groups in total. The van der Waals surface area contributed by atoms with E-state index in [-0.39, 0.29) is 28.3 Å². The van der Waals surface area contributed by atoms with Crippen LogP contribution in [0.5, 0.6) is 5.75 Å². The minimum Gasteiger partial charge on any atom is -0.494 e. The number of benzene rings is 1. The number of rotatable bonds is 6. The van der Waals surface area contributed by atoms with Gasteiger partial charge in [0.15, 0.2) is 22.6 Å². The summed E-state index contributed by atoms with van der Waals surface area (Å²) in [6, 6.07) is 6.44. The number of nitrogens with one attached hydrogen (secondary N) is 2. The van der Waals surface area contributed by atoms with Gasteiger partial charge in [0.1, 0.15) is 17.3 Å². The molecule has 0 fully saturated rings. The van der Waals surface area contributed by atoms with Gasteiger partial charge in [0.25, 0.3) is 12.3 Å². The highest BCUT2D eigenvalue weighted by atomic mass is 32.1. The molecule has 0 aliphatic carbocycles. The van der Waals surface area contributed by atoms with Gasteiger partial charge in [0.2, 0.25) is 0 Å². The summed E-state index contributed by atoms with van der Waals surface area (Å²) in [5.74, 6) is 0.223. The zero-order chi connectivity index (χ0) is 28.7. The van der Waals surface area contributed by atoms with Crippen molar-refractivity contribution in [2.24, 2.45) is 0 Å². The average Bonchev–Trinajstić information content (AvgIpc) is 3.60. The van der Waals surface area contributed by atoms with Gasteiger partial charge in [-0.25, -0.2) is 27.9 Å². The number of aromatic nitrogens is 3. The number of pyridine rings is 2. The lowest BCUT2D eigenvalue weighted by molar-refractivity contribution is 0.102. The Balaban J connectivity index is 1.44. The van der Waals surface area contributed by atoms with Crippen molar-refractivity contribution in [1.82, 2.24) is 15.0 Å². The van der Waals surface area contributed by atoms with E-state index in [1.807, 2.05) is 12.1 Å². The van der Waals surface area contributed by atoms with Crippen LogP contribution in [0, 0.1) is 0 Å². The van der Waals surface area contributed by atoms with Gasteiger partial charge in [-0.2, -0.15) is 0 Å². The second-order valence-corrected chi connectivity index (χ2v) is 10.0. The summed E-state index contributed by atoms with van der Waals surface area (Å²) in [5, 5.41) is 6.41. The molecule has 1 aromatic carbocycles. The Labute approximate surface area is 234 Å². The monoisotopic (exact) mass is 576 g/mol. The van der Waals surface area contributed by atoms with Gasteiger partial charge in [-0.3, -0.25) is 20.0 Å². The van der Waals surface area contributed by atoms with Gasteiger partial charge in [-0.1, -0.05) is 11.3 Å². The van der Waals surface area contributed by atoms with Crippen molar-refractivity contribution >= 4 is 50.0 Å². The van der Waals surface area contributed by atoms with Crippen molar-refractivity contribution < 1.29 is 27.5 Å². The molecule has 0 bridgehead atoms. The Morgan fingerprint density at radius 2 is 2.05 bits per heavy atom. The second kappa shape index (κ2) is 10.5. The summed E-state index contributed by atoms with van der Waals surface area (Å²) < 4.78 is 47.8. The van der Waals surface area contributed by atoms with Crippen LogP contribution < -0.4 is 20.3 Å². The number of hydrogen-bond donors (Lipinski definition) is 2. The fourth-order valence-electron chi connectivity index (χ4n) is 4.64. The van der Waals surface area contributed by atoms with E-state index in [0.29, 0.717) is 5.13 Å². The van der Waals surface area contributed by atoms with Gasteiger partial charge in [0, 0.05) is 35.8 Å². The number of carbonyl (C=O) groups is 1. The van der Waals surface area contributed by atoms with Gasteiger partial charge >= 0.3 is 0 Å². The number of fused-ring (bicyclic) bond motifs is 2. The van der Waals surface area contributed by atoms with Crippen LogP contribution >= 0.6 is 11.3 Å². The predicted molar refractivity (Wildman–Crippen MR) is 149 cm³/mol. The molecule has 2 aliphatic rings. The molecular weight excluding hydrogens is 557 g/mol. The van der Waals surface area contributed by atoms with Crippen molar-refractivity contribution in [3.05, 3.63) is 83.4 Å². The number of thiazole rings is 1. The van der Waals surface area contributed by atoms with Crippen LogP contribution in [0.4, 0.5) is 29.8 Å². The van der Waals surface area contributed by atoms with Crippen LogP contribution in [0.15, 0.2) is 66.5 Å². The van der Waals surface area contributed by atoms with Gasteiger partial charge in [-0.05, 0) is 48.4 Å². The number of carbonyl (C=O) groups excluding carboxylic acids is 2. The number of anilines is 3. The Morgan fingerprint density at radius 3 is 2.83 bits per heavy atom. The Kier molecular flexibility index (Phi) is 6.73. The highest BCUT2D eigenvalue weighted by molar-refractivity contribution is 7.22.